The smallest absolute Gasteiger partial charge is 0.332 e. The number of rotatable bonds is 10. The zero-order valence-corrected chi connectivity index (χ0v) is 24.8. The number of anilines is 1. The summed E-state index contributed by atoms with van der Waals surface area (Å²) < 4.78 is 57.3. The Labute approximate surface area is 257 Å². The molecular weight excluding hydrogens is 592 g/mol. The fraction of sp³-hybridized carbons (Fsp3) is 0.250. The van der Waals surface area contributed by atoms with Crippen molar-refractivity contribution in [2.45, 2.75) is 45.7 Å². The summed E-state index contributed by atoms with van der Waals surface area (Å²) in [5.74, 6) is -0.835. The highest BCUT2D eigenvalue weighted by molar-refractivity contribution is 7.80. The Morgan fingerprint density at radius 2 is 1.82 bits per heavy atom. The molecule has 12 heteroatoms. The van der Waals surface area contributed by atoms with E-state index in [2.05, 4.69) is 16.4 Å². The van der Waals surface area contributed by atoms with E-state index in [9.17, 15) is 22.4 Å². The van der Waals surface area contributed by atoms with Gasteiger partial charge in [0.2, 0.25) is 0 Å². The molecule has 1 aromatic heterocycles. The number of carbonyl (C=O) groups is 1. The van der Waals surface area contributed by atoms with Gasteiger partial charge in [-0.15, -0.1) is 0 Å². The highest BCUT2D eigenvalue weighted by atomic mass is 32.1. The minimum absolute atomic E-state index is 0.0615. The number of hydrogen-bond acceptors (Lipinski definition) is 5. The second-order valence-corrected chi connectivity index (χ2v) is 11.2. The maximum atomic E-state index is 13.9. The van der Waals surface area contributed by atoms with Crippen molar-refractivity contribution in [1.29, 1.82) is 5.26 Å². The average Bonchev–Trinajstić information content (AvgIpc) is 3.41. The van der Waals surface area contributed by atoms with Crippen molar-refractivity contribution in [2.24, 2.45) is 11.1 Å². The van der Waals surface area contributed by atoms with Crippen LogP contribution in [0, 0.1) is 22.6 Å². The number of imidazole rings is 1. The minimum Gasteiger partial charge on any atom is -0.332 e. The lowest BCUT2D eigenvalue weighted by Gasteiger charge is -2.40. The van der Waals surface area contributed by atoms with E-state index in [4.69, 9.17) is 23.2 Å². The maximum Gasteiger partial charge on any atom is 0.416 e. The molecule has 1 heterocycles. The first-order valence-electron chi connectivity index (χ1n) is 13.5. The van der Waals surface area contributed by atoms with Crippen LogP contribution < -0.4 is 11.1 Å². The number of Topliss-reactive ketones (excluding diaryl/α,β-unsaturated/α-hetero) is 1. The molecule has 44 heavy (non-hydrogen) atoms. The van der Waals surface area contributed by atoms with E-state index in [1.165, 1.54) is 41.3 Å². The number of hydrogen-bond donors (Lipinski definition) is 2. The van der Waals surface area contributed by atoms with Gasteiger partial charge in [-0.1, -0.05) is 36.4 Å². The van der Waals surface area contributed by atoms with Gasteiger partial charge in [0.1, 0.15) is 11.6 Å². The topological polar surface area (TPSA) is 100.0 Å². The molecule has 0 fully saturated rings. The van der Waals surface area contributed by atoms with Gasteiger partial charge in [-0.05, 0) is 73.6 Å². The van der Waals surface area contributed by atoms with Gasteiger partial charge in [0.25, 0.3) is 0 Å². The maximum absolute atomic E-state index is 13.9. The second kappa shape index (κ2) is 13.4. The van der Waals surface area contributed by atoms with E-state index < -0.39 is 29.1 Å². The molecule has 4 rings (SSSR count). The lowest BCUT2D eigenvalue weighted by Crippen LogP contribution is -2.57. The number of nitrogens with two attached hydrogens (primary N) is 1. The Morgan fingerprint density at radius 1 is 1.11 bits per heavy atom. The third kappa shape index (κ3) is 7.67. The Hall–Kier alpha value is -4.60. The number of benzene rings is 3. The number of alkyl halides is 3. The van der Waals surface area contributed by atoms with Crippen molar-refractivity contribution in [1.82, 2.24) is 14.5 Å². The SMILES string of the molecule is CC(C)(C(=O)Cc1cncn1Cc1ccc(C#N)cc1)C(N)N(Cc1ccccc1C(F)(F)F)C(=S)Nc1cccc(F)c1. The van der Waals surface area contributed by atoms with Crippen LogP contribution in [0.3, 0.4) is 0 Å². The standard InChI is InChI=1S/C32H30F4N6OS/c1-31(2,28(43)15-26-17-39-20-41(26)18-22-12-10-21(16-37)11-13-22)29(38)42(30(44)40-25-8-5-7-24(33)14-25)19-23-6-3-4-9-27(23)32(34,35)36/h3-14,17,20,29H,15,18-19,38H2,1-2H3,(H,40,44). The summed E-state index contributed by atoms with van der Waals surface area (Å²) in [5, 5.41) is 11.8. The van der Waals surface area contributed by atoms with Crippen LogP contribution in [0.4, 0.5) is 23.2 Å². The van der Waals surface area contributed by atoms with Gasteiger partial charge >= 0.3 is 6.18 Å². The number of nitrogens with zero attached hydrogens (tertiary/aromatic N) is 4. The first-order chi connectivity index (χ1) is 20.8. The molecule has 0 bridgehead atoms. The molecule has 0 aliphatic rings. The molecule has 4 aromatic rings. The summed E-state index contributed by atoms with van der Waals surface area (Å²) in [6.45, 7) is 3.25. The summed E-state index contributed by atoms with van der Waals surface area (Å²) in [6, 6.07) is 19.6. The number of aromatic nitrogens is 2. The molecule has 0 spiro atoms. The first-order valence-corrected chi connectivity index (χ1v) is 14.0. The van der Waals surface area contributed by atoms with Crippen LogP contribution in [-0.2, 0) is 30.5 Å². The van der Waals surface area contributed by atoms with Crippen molar-refractivity contribution in [3.63, 3.8) is 0 Å². The number of thiocarbonyl (C=S) groups is 1. The summed E-state index contributed by atoms with van der Waals surface area (Å²) in [6.07, 6.45) is -2.72. The highest BCUT2D eigenvalue weighted by Gasteiger charge is 2.40. The third-order valence-electron chi connectivity index (χ3n) is 7.37. The van der Waals surface area contributed by atoms with E-state index in [1.54, 1.807) is 49.1 Å². The van der Waals surface area contributed by atoms with Crippen LogP contribution >= 0.6 is 12.2 Å². The normalized spacial score (nSPS) is 12.3. The van der Waals surface area contributed by atoms with Crippen LogP contribution in [0.1, 0.15) is 41.8 Å². The third-order valence-corrected chi connectivity index (χ3v) is 7.71. The fourth-order valence-corrected chi connectivity index (χ4v) is 4.94. The first kappa shape index (κ1) is 32.3. The summed E-state index contributed by atoms with van der Waals surface area (Å²) in [5.41, 5.74) is 6.71. The van der Waals surface area contributed by atoms with Crippen LogP contribution in [-0.4, -0.2) is 31.5 Å². The predicted octanol–water partition coefficient (Wildman–Crippen LogP) is 6.28. The van der Waals surface area contributed by atoms with E-state index >= 15 is 0 Å². The molecule has 3 aromatic carbocycles. The minimum atomic E-state index is -4.64. The van der Waals surface area contributed by atoms with Gasteiger partial charge in [0.05, 0.1) is 35.1 Å². The molecule has 0 aliphatic heterocycles. The fourth-order valence-electron chi connectivity index (χ4n) is 4.64. The molecule has 7 nitrogen and oxygen atoms in total. The molecule has 1 unspecified atom stereocenters. The zero-order chi connectivity index (χ0) is 32.1. The molecule has 3 N–H and O–H groups in total. The Morgan fingerprint density at radius 3 is 2.48 bits per heavy atom. The van der Waals surface area contributed by atoms with Crippen LogP contribution in [0.2, 0.25) is 0 Å². The van der Waals surface area contributed by atoms with Crippen LogP contribution in [0.15, 0.2) is 85.3 Å². The Bertz CT molecular complexity index is 1680. The molecule has 0 aliphatic carbocycles. The van der Waals surface area contributed by atoms with E-state index in [1.807, 2.05) is 12.1 Å². The second-order valence-electron chi connectivity index (χ2n) is 10.8. The van der Waals surface area contributed by atoms with Crippen molar-refractivity contribution in [2.75, 3.05) is 5.32 Å². The van der Waals surface area contributed by atoms with Crippen molar-refractivity contribution < 1.29 is 22.4 Å². The zero-order valence-electron chi connectivity index (χ0n) is 24.0. The van der Waals surface area contributed by atoms with Crippen molar-refractivity contribution in [3.8, 4) is 6.07 Å². The number of halogens is 4. The van der Waals surface area contributed by atoms with Gasteiger partial charge in [0.15, 0.2) is 5.11 Å². The molecule has 228 valence electrons. The summed E-state index contributed by atoms with van der Waals surface area (Å²) >= 11 is 5.58. The molecular formula is C32H30F4N6OS. The number of carbonyl (C=O) groups excluding carboxylic acids is 1. The molecule has 0 saturated carbocycles. The number of ketones is 1. The average molecular weight is 623 g/mol. The lowest BCUT2D eigenvalue weighted by molar-refractivity contribution is -0.138. The van der Waals surface area contributed by atoms with Crippen molar-refractivity contribution >= 4 is 28.8 Å². The highest BCUT2D eigenvalue weighted by Crippen LogP contribution is 2.34. The van der Waals surface area contributed by atoms with Crippen LogP contribution in [0.25, 0.3) is 0 Å². The van der Waals surface area contributed by atoms with E-state index in [0.29, 0.717) is 17.8 Å². The molecule has 0 radical (unpaired) electrons. The monoisotopic (exact) mass is 622 g/mol. The van der Waals surface area contributed by atoms with E-state index in [-0.39, 0.29) is 35.1 Å². The number of nitrogens with one attached hydrogen (secondary N) is 1. The van der Waals surface area contributed by atoms with Crippen molar-refractivity contribution in [3.05, 3.63) is 119 Å². The van der Waals surface area contributed by atoms with Gasteiger partial charge < -0.3 is 20.5 Å². The van der Waals surface area contributed by atoms with Crippen LogP contribution in [0.5, 0.6) is 0 Å². The van der Waals surface area contributed by atoms with Gasteiger partial charge in [-0.2, -0.15) is 18.4 Å². The molecule has 1 atom stereocenters. The lowest BCUT2D eigenvalue weighted by atomic mass is 9.82. The van der Waals surface area contributed by atoms with Gasteiger partial charge in [-0.3, -0.25) is 4.79 Å². The Balaban J connectivity index is 1.60. The summed E-state index contributed by atoms with van der Waals surface area (Å²) in [7, 11) is 0. The molecule has 0 amide bonds. The Kier molecular flexibility index (Phi) is 9.81. The quantitative estimate of drug-likeness (QED) is 0.122. The predicted molar refractivity (Wildman–Crippen MR) is 163 cm³/mol. The van der Waals surface area contributed by atoms with Gasteiger partial charge in [0, 0.05) is 37.1 Å². The summed E-state index contributed by atoms with van der Waals surface area (Å²) in [4.78, 5) is 19.3. The largest absolute Gasteiger partial charge is 0.416 e. The molecule has 0 saturated heterocycles. The van der Waals surface area contributed by atoms with E-state index in [0.717, 1.165) is 11.6 Å². The number of nitriles is 1. The van der Waals surface area contributed by atoms with Gasteiger partial charge in [-0.25, -0.2) is 9.37 Å².